The Labute approximate surface area is 118 Å². The Morgan fingerprint density at radius 3 is 2.33 bits per heavy atom. The van der Waals surface area contributed by atoms with Crippen molar-refractivity contribution >= 4 is 26.0 Å². The molecule has 6 heteroatoms. The Kier molecular flexibility index (Phi) is 4.73. The molecule has 0 aromatic carbocycles. The van der Waals surface area contributed by atoms with Gasteiger partial charge in [-0.1, -0.05) is 15.9 Å². The predicted octanol–water partition coefficient (Wildman–Crippen LogP) is 2.13. The van der Waals surface area contributed by atoms with Gasteiger partial charge >= 0.3 is 0 Å². The molecule has 2 fully saturated rings. The summed E-state index contributed by atoms with van der Waals surface area (Å²) in [6, 6.07) is 0.411. The van der Waals surface area contributed by atoms with E-state index in [9.17, 15) is 8.42 Å². The van der Waals surface area contributed by atoms with E-state index in [4.69, 9.17) is 4.74 Å². The Balaban J connectivity index is 1.98. The molecule has 0 aromatic heterocycles. The van der Waals surface area contributed by atoms with Gasteiger partial charge in [-0.2, -0.15) is 4.31 Å². The van der Waals surface area contributed by atoms with Gasteiger partial charge in [0, 0.05) is 16.9 Å². The van der Waals surface area contributed by atoms with Crippen LogP contribution >= 0.6 is 15.9 Å². The standard InChI is InChI=1S/C12H22BrNO3S/c1-9(2)17-5-6-18(15,16)14-11-3-4-12(14)8-10(13)7-11/h9-12H,3-8H2,1-2H3. The first-order chi connectivity index (χ1) is 8.40. The molecule has 0 radical (unpaired) electrons. The van der Waals surface area contributed by atoms with Crippen LogP contribution in [-0.4, -0.2) is 48.1 Å². The number of alkyl halides is 1. The van der Waals surface area contributed by atoms with E-state index in [1.165, 1.54) is 0 Å². The van der Waals surface area contributed by atoms with Gasteiger partial charge in [0.25, 0.3) is 0 Å². The maximum atomic E-state index is 12.4. The van der Waals surface area contributed by atoms with E-state index in [1.54, 1.807) is 4.31 Å². The monoisotopic (exact) mass is 339 g/mol. The van der Waals surface area contributed by atoms with E-state index in [0.717, 1.165) is 25.7 Å². The summed E-state index contributed by atoms with van der Waals surface area (Å²) in [6.07, 6.45) is 4.00. The number of hydrogen-bond acceptors (Lipinski definition) is 3. The number of fused-ring (bicyclic) bond motifs is 2. The molecule has 0 N–H and O–H groups in total. The molecule has 0 aliphatic carbocycles. The fourth-order valence-corrected chi connectivity index (χ4v) is 5.69. The van der Waals surface area contributed by atoms with Crippen LogP contribution in [0.1, 0.15) is 39.5 Å². The summed E-state index contributed by atoms with van der Waals surface area (Å²) in [5.41, 5.74) is 0. The minimum Gasteiger partial charge on any atom is -0.378 e. The topological polar surface area (TPSA) is 46.6 Å². The summed E-state index contributed by atoms with van der Waals surface area (Å²) in [5, 5.41) is 0. The lowest BCUT2D eigenvalue weighted by atomic mass is 10.1. The molecule has 18 heavy (non-hydrogen) atoms. The number of sulfonamides is 1. The van der Waals surface area contributed by atoms with Gasteiger partial charge in [0.1, 0.15) is 0 Å². The van der Waals surface area contributed by atoms with Crippen molar-refractivity contribution in [3.05, 3.63) is 0 Å². The van der Waals surface area contributed by atoms with Crippen molar-refractivity contribution in [3.8, 4) is 0 Å². The first-order valence-corrected chi connectivity index (χ1v) is 9.19. The van der Waals surface area contributed by atoms with E-state index < -0.39 is 10.0 Å². The summed E-state index contributed by atoms with van der Waals surface area (Å²) in [7, 11) is -3.15. The molecule has 2 rings (SSSR count). The highest BCUT2D eigenvalue weighted by atomic mass is 79.9. The Hall–Kier alpha value is 0.350. The molecule has 2 bridgehead atoms. The summed E-state index contributed by atoms with van der Waals surface area (Å²) < 4.78 is 31.9. The lowest BCUT2D eigenvalue weighted by Gasteiger charge is -2.36. The second-order valence-corrected chi connectivity index (χ2v) is 8.81. The van der Waals surface area contributed by atoms with Crippen molar-refractivity contribution in [1.29, 1.82) is 0 Å². The van der Waals surface area contributed by atoms with Gasteiger partial charge in [-0.3, -0.25) is 0 Å². The number of halogens is 1. The van der Waals surface area contributed by atoms with E-state index in [-0.39, 0.29) is 23.9 Å². The van der Waals surface area contributed by atoms with Gasteiger partial charge in [0.15, 0.2) is 0 Å². The molecule has 0 aromatic rings. The first-order valence-electron chi connectivity index (χ1n) is 6.67. The predicted molar refractivity (Wildman–Crippen MR) is 75.5 cm³/mol. The molecular weight excluding hydrogens is 318 g/mol. The van der Waals surface area contributed by atoms with E-state index >= 15 is 0 Å². The van der Waals surface area contributed by atoms with Crippen LogP contribution in [0.25, 0.3) is 0 Å². The quantitative estimate of drug-likeness (QED) is 0.721. The van der Waals surface area contributed by atoms with Gasteiger partial charge in [-0.15, -0.1) is 0 Å². The number of nitrogens with zero attached hydrogens (tertiary/aromatic N) is 1. The van der Waals surface area contributed by atoms with Crippen molar-refractivity contribution in [2.45, 2.75) is 62.5 Å². The molecule has 2 aliphatic rings. The van der Waals surface area contributed by atoms with Gasteiger partial charge < -0.3 is 4.74 Å². The number of hydrogen-bond donors (Lipinski definition) is 0. The Bertz CT molecular complexity index is 371. The molecule has 2 atom stereocenters. The van der Waals surface area contributed by atoms with Gasteiger partial charge in [-0.05, 0) is 39.5 Å². The van der Waals surface area contributed by atoms with Gasteiger partial charge in [0.05, 0.1) is 18.5 Å². The second kappa shape index (κ2) is 5.77. The summed E-state index contributed by atoms with van der Waals surface area (Å²) in [6.45, 7) is 4.15. The van der Waals surface area contributed by atoms with Crippen LogP contribution in [0.2, 0.25) is 0 Å². The highest BCUT2D eigenvalue weighted by molar-refractivity contribution is 9.09. The molecule has 106 valence electrons. The molecular formula is C12H22BrNO3S. The maximum absolute atomic E-state index is 12.4. The van der Waals surface area contributed by atoms with Crippen LogP contribution in [0.3, 0.4) is 0 Å². The zero-order valence-corrected chi connectivity index (χ0v) is 13.4. The van der Waals surface area contributed by atoms with Crippen molar-refractivity contribution in [1.82, 2.24) is 4.31 Å². The number of piperidine rings is 1. The van der Waals surface area contributed by atoms with Crippen LogP contribution < -0.4 is 0 Å². The average molecular weight is 340 g/mol. The Morgan fingerprint density at radius 2 is 1.83 bits per heavy atom. The summed E-state index contributed by atoms with van der Waals surface area (Å²) in [5.74, 6) is 0.116. The van der Waals surface area contributed by atoms with E-state index in [0.29, 0.717) is 11.4 Å². The fraction of sp³-hybridized carbons (Fsp3) is 1.00. The molecule has 0 spiro atoms. The Morgan fingerprint density at radius 1 is 1.28 bits per heavy atom. The summed E-state index contributed by atoms with van der Waals surface area (Å²) in [4.78, 5) is 0.480. The second-order valence-electron chi connectivity index (χ2n) is 5.52. The average Bonchev–Trinajstić information content (AvgIpc) is 2.52. The van der Waals surface area contributed by atoms with Crippen molar-refractivity contribution in [3.63, 3.8) is 0 Å². The van der Waals surface area contributed by atoms with Crippen LogP contribution in [0.5, 0.6) is 0 Å². The fourth-order valence-electron chi connectivity index (χ4n) is 3.02. The molecule has 2 heterocycles. The summed E-state index contributed by atoms with van der Waals surface area (Å²) >= 11 is 3.63. The molecule has 2 unspecified atom stereocenters. The zero-order chi connectivity index (χ0) is 13.3. The molecule has 2 aliphatic heterocycles. The molecule has 0 saturated carbocycles. The minimum atomic E-state index is -3.15. The highest BCUT2D eigenvalue weighted by Gasteiger charge is 2.45. The zero-order valence-electron chi connectivity index (χ0n) is 11.0. The first kappa shape index (κ1) is 14.8. The third-order valence-corrected chi connectivity index (χ3v) is 6.39. The van der Waals surface area contributed by atoms with Crippen LogP contribution in [0.4, 0.5) is 0 Å². The maximum Gasteiger partial charge on any atom is 0.216 e. The third kappa shape index (κ3) is 3.26. The van der Waals surface area contributed by atoms with E-state index in [1.807, 2.05) is 13.8 Å². The lowest BCUT2D eigenvalue weighted by Crippen LogP contribution is -2.48. The largest absolute Gasteiger partial charge is 0.378 e. The van der Waals surface area contributed by atoms with Crippen molar-refractivity contribution in [2.24, 2.45) is 0 Å². The van der Waals surface area contributed by atoms with E-state index in [2.05, 4.69) is 15.9 Å². The minimum absolute atomic E-state index is 0.0881. The van der Waals surface area contributed by atoms with Crippen LogP contribution in [0, 0.1) is 0 Å². The van der Waals surface area contributed by atoms with Crippen LogP contribution in [-0.2, 0) is 14.8 Å². The van der Waals surface area contributed by atoms with Gasteiger partial charge in [0.2, 0.25) is 10.0 Å². The molecule has 0 amide bonds. The SMILES string of the molecule is CC(C)OCCS(=O)(=O)N1C2CCC1CC(Br)C2. The molecule has 2 saturated heterocycles. The van der Waals surface area contributed by atoms with Crippen molar-refractivity contribution < 1.29 is 13.2 Å². The lowest BCUT2D eigenvalue weighted by molar-refractivity contribution is 0.0902. The number of rotatable bonds is 5. The molecule has 4 nitrogen and oxygen atoms in total. The van der Waals surface area contributed by atoms with Crippen LogP contribution in [0.15, 0.2) is 0 Å². The normalized spacial score (nSPS) is 33.2. The van der Waals surface area contributed by atoms with Gasteiger partial charge in [-0.25, -0.2) is 8.42 Å². The third-order valence-electron chi connectivity index (χ3n) is 3.72. The highest BCUT2D eigenvalue weighted by Crippen LogP contribution is 2.40. The number of ether oxygens (including phenoxy) is 1. The smallest absolute Gasteiger partial charge is 0.216 e. The van der Waals surface area contributed by atoms with Crippen molar-refractivity contribution in [2.75, 3.05) is 12.4 Å².